The number of amidine groups is 1. The zero-order valence-corrected chi connectivity index (χ0v) is 16.4. The number of carbonyl (C=O) groups is 1. The molecule has 0 aliphatic carbocycles. The quantitative estimate of drug-likeness (QED) is 0.416. The van der Waals surface area contributed by atoms with Gasteiger partial charge in [0.2, 0.25) is 0 Å². The van der Waals surface area contributed by atoms with Gasteiger partial charge in [-0.1, -0.05) is 6.08 Å². The number of hydrogen-bond acceptors (Lipinski definition) is 5. The number of halogens is 6. The molecule has 32 heavy (non-hydrogen) atoms. The monoisotopic (exact) mass is 458 g/mol. The Bertz CT molecular complexity index is 1060. The zero-order chi connectivity index (χ0) is 23.5. The van der Waals surface area contributed by atoms with E-state index in [4.69, 9.17) is 0 Å². The van der Waals surface area contributed by atoms with Gasteiger partial charge in [-0.05, 0) is 37.6 Å². The summed E-state index contributed by atoms with van der Waals surface area (Å²) < 4.78 is 79.2. The predicted octanol–water partition coefficient (Wildman–Crippen LogP) is 3.82. The Balaban J connectivity index is 1.81. The van der Waals surface area contributed by atoms with Gasteiger partial charge in [0.1, 0.15) is 12.2 Å². The van der Waals surface area contributed by atoms with Crippen molar-refractivity contribution in [2.45, 2.75) is 25.7 Å². The first-order valence-electron chi connectivity index (χ1n) is 9.10. The molecule has 0 unspecified atom stereocenters. The van der Waals surface area contributed by atoms with Crippen LogP contribution in [0.15, 0.2) is 47.2 Å². The molecule has 0 saturated heterocycles. The van der Waals surface area contributed by atoms with Gasteiger partial charge in [0.15, 0.2) is 5.82 Å². The SMILES string of the molecule is C/C(=C/n1cnc(-c2cc(C(F)(F)F)cc(C(F)(F)F)c2)n1)C(=O)NNC1=NCCC=C1. The van der Waals surface area contributed by atoms with E-state index in [0.717, 1.165) is 17.4 Å². The third-order valence-corrected chi connectivity index (χ3v) is 4.20. The van der Waals surface area contributed by atoms with Crippen molar-refractivity contribution in [1.29, 1.82) is 0 Å². The Kier molecular flexibility index (Phi) is 6.37. The molecule has 2 heterocycles. The number of aliphatic imine (C=N–C) groups is 1. The molecule has 1 aliphatic rings. The number of aromatic nitrogens is 3. The van der Waals surface area contributed by atoms with E-state index in [1.54, 1.807) is 6.08 Å². The standard InChI is InChI=1S/C19H16F6N6O/c1-11(17(32)29-28-15-4-2-3-5-26-15)9-31-10-27-16(30-31)12-6-13(18(20,21)22)8-14(7-12)19(23,24)25/h2,4,6-10H,3,5H2,1H3,(H,26,28)(H,29,32)/b11-9-. The lowest BCUT2D eigenvalue weighted by Crippen LogP contribution is -2.41. The summed E-state index contributed by atoms with van der Waals surface area (Å²) in [5.41, 5.74) is 1.75. The van der Waals surface area contributed by atoms with Crippen LogP contribution in [-0.4, -0.2) is 33.1 Å². The maximum absolute atomic E-state index is 13.0. The van der Waals surface area contributed by atoms with E-state index in [1.807, 2.05) is 6.08 Å². The van der Waals surface area contributed by atoms with E-state index in [2.05, 4.69) is 25.9 Å². The Labute approximate surface area is 177 Å². The average molecular weight is 458 g/mol. The van der Waals surface area contributed by atoms with Crippen LogP contribution in [0.25, 0.3) is 17.6 Å². The van der Waals surface area contributed by atoms with Gasteiger partial charge in [0.25, 0.3) is 5.91 Å². The first-order chi connectivity index (χ1) is 14.9. The minimum Gasteiger partial charge on any atom is -0.282 e. The highest BCUT2D eigenvalue weighted by atomic mass is 19.4. The fourth-order valence-electron chi connectivity index (χ4n) is 2.62. The van der Waals surface area contributed by atoms with Crippen LogP contribution in [0.4, 0.5) is 26.3 Å². The van der Waals surface area contributed by atoms with Crippen LogP contribution in [0.1, 0.15) is 24.5 Å². The van der Waals surface area contributed by atoms with Crippen molar-refractivity contribution in [2.75, 3.05) is 6.54 Å². The number of amides is 1. The van der Waals surface area contributed by atoms with Crippen LogP contribution in [0, 0.1) is 0 Å². The Morgan fingerprint density at radius 3 is 2.31 bits per heavy atom. The molecule has 1 aromatic carbocycles. The number of rotatable bonds is 3. The molecule has 7 nitrogen and oxygen atoms in total. The highest BCUT2D eigenvalue weighted by molar-refractivity contribution is 5.99. The van der Waals surface area contributed by atoms with Crippen LogP contribution in [0.2, 0.25) is 0 Å². The molecule has 1 amide bonds. The molecular formula is C19H16F6N6O. The molecule has 2 N–H and O–H groups in total. The zero-order valence-electron chi connectivity index (χ0n) is 16.4. The predicted molar refractivity (Wildman–Crippen MR) is 103 cm³/mol. The fourth-order valence-corrected chi connectivity index (χ4v) is 2.62. The van der Waals surface area contributed by atoms with Gasteiger partial charge in [0, 0.05) is 23.9 Å². The first-order valence-corrected chi connectivity index (χ1v) is 9.10. The van der Waals surface area contributed by atoms with Crippen molar-refractivity contribution in [3.63, 3.8) is 0 Å². The molecule has 0 spiro atoms. The summed E-state index contributed by atoms with van der Waals surface area (Å²) >= 11 is 0. The molecule has 0 atom stereocenters. The molecule has 0 fully saturated rings. The van der Waals surface area contributed by atoms with Gasteiger partial charge >= 0.3 is 12.4 Å². The maximum atomic E-state index is 13.0. The normalized spacial score (nSPS) is 14.8. The second-order valence-corrected chi connectivity index (χ2v) is 6.69. The molecule has 0 saturated carbocycles. The minimum absolute atomic E-state index is 0.0215. The third-order valence-electron chi connectivity index (χ3n) is 4.20. The Morgan fingerprint density at radius 2 is 1.75 bits per heavy atom. The number of hydrazine groups is 1. The van der Waals surface area contributed by atoms with E-state index in [9.17, 15) is 31.1 Å². The second-order valence-electron chi connectivity index (χ2n) is 6.69. The van der Waals surface area contributed by atoms with Gasteiger partial charge in [0.05, 0.1) is 11.1 Å². The smallest absolute Gasteiger partial charge is 0.282 e. The second kappa shape index (κ2) is 8.85. The number of carbonyl (C=O) groups excluding carboxylic acids is 1. The molecule has 13 heteroatoms. The van der Waals surface area contributed by atoms with Gasteiger partial charge in [-0.15, -0.1) is 5.10 Å². The summed E-state index contributed by atoms with van der Waals surface area (Å²) in [4.78, 5) is 20.0. The summed E-state index contributed by atoms with van der Waals surface area (Å²) in [5.74, 6) is -0.460. The topological polar surface area (TPSA) is 84.2 Å². The van der Waals surface area contributed by atoms with Crippen molar-refractivity contribution in [3.05, 3.63) is 53.4 Å². The molecule has 0 radical (unpaired) electrons. The van der Waals surface area contributed by atoms with Crippen molar-refractivity contribution < 1.29 is 31.1 Å². The van der Waals surface area contributed by atoms with Crippen LogP contribution in [0.3, 0.4) is 0 Å². The number of hydrogen-bond donors (Lipinski definition) is 2. The Hall–Kier alpha value is -3.64. The van der Waals surface area contributed by atoms with Gasteiger partial charge in [-0.25, -0.2) is 9.67 Å². The molecule has 0 bridgehead atoms. The molecule has 3 rings (SSSR count). The van der Waals surface area contributed by atoms with E-state index >= 15 is 0 Å². The Morgan fingerprint density at radius 1 is 1.09 bits per heavy atom. The van der Waals surface area contributed by atoms with Crippen molar-refractivity contribution >= 4 is 17.9 Å². The maximum Gasteiger partial charge on any atom is 0.416 e. The largest absolute Gasteiger partial charge is 0.416 e. The van der Waals surface area contributed by atoms with E-state index in [-0.39, 0.29) is 17.5 Å². The van der Waals surface area contributed by atoms with Crippen molar-refractivity contribution in [1.82, 2.24) is 25.6 Å². The van der Waals surface area contributed by atoms with Crippen LogP contribution < -0.4 is 10.9 Å². The summed E-state index contributed by atoms with van der Waals surface area (Å²) in [6.07, 6.45) is -3.35. The third kappa shape index (κ3) is 5.74. The summed E-state index contributed by atoms with van der Waals surface area (Å²) in [5, 5.41) is 3.86. The van der Waals surface area contributed by atoms with Crippen LogP contribution in [-0.2, 0) is 17.1 Å². The molecule has 170 valence electrons. The lowest BCUT2D eigenvalue weighted by Gasteiger charge is -2.13. The molecular weight excluding hydrogens is 442 g/mol. The first kappa shape index (κ1) is 23.0. The molecule has 1 aliphatic heterocycles. The highest BCUT2D eigenvalue weighted by Crippen LogP contribution is 2.38. The minimum atomic E-state index is -4.99. The number of benzene rings is 1. The van der Waals surface area contributed by atoms with E-state index < -0.39 is 35.0 Å². The van der Waals surface area contributed by atoms with E-state index in [0.29, 0.717) is 24.5 Å². The lowest BCUT2D eigenvalue weighted by molar-refractivity contribution is -0.143. The summed E-state index contributed by atoms with van der Waals surface area (Å²) in [7, 11) is 0. The number of dihydropyridines is 1. The van der Waals surface area contributed by atoms with E-state index in [1.165, 1.54) is 13.1 Å². The summed E-state index contributed by atoms with van der Waals surface area (Å²) in [6, 6.07) is 1.08. The fraction of sp³-hybridized carbons (Fsp3) is 0.263. The lowest BCUT2D eigenvalue weighted by atomic mass is 10.0. The highest BCUT2D eigenvalue weighted by Gasteiger charge is 2.37. The average Bonchev–Trinajstić information content (AvgIpc) is 3.19. The number of alkyl halides is 6. The van der Waals surface area contributed by atoms with Crippen LogP contribution >= 0.6 is 0 Å². The van der Waals surface area contributed by atoms with Gasteiger partial charge in [-0.3, -0.25) is 20.6 Å². The van der Waals surface area contributed by atoms with Crippen molar-refractivity contribution in [3.8, 4) is 11.4 Å². The van der Waals surface area contributed by atoms with Crippen molar-refractivity contribution in [2.24, 2.45) is 4.99 Å². The number of nitrogens with zero attached hydrogens (tertiary/aromatic N) is 4. The van der Waals surface area contributed by atoms with Gasteiger partial charge in [-0.2, -0.15) is 26.3 Å². The summed E-state index contributed by atoms with van der Waals surface area (Å²) in [6.45, 7) is 2.01. The van der Waals surface area contributed by atoms with Gasteiger partial charge < -0.3 is 0 Å². The number of nitrogens with one attached hydrogen (secondary N) is 2. The molecule has 1 aromatic heterocycles. The van der Waals surface area contributed by atoms with Crippen LogP contribution in [0.5, 0.6) is 0 Å². The molecule has 2 aromatic rings.